The summed E-state index contributed by atoms with van der Waals surface area (Å²) in [7, 11) is 1.65. The maximum Gasteiger partial charge on any atom is 0.272 e. The molecule has 112 valence electrons. The molecule has 0 spiro atoms. The molecule has 21 heavy (non-hydrogen) atoms. The van der Waals surface area contributed by atoms with Gasteiger partial charge < -0.3 is 14.6 Å². The monoisotopic (exact) mass is 350 g/mol. The topological polar surface area (TPSA) is 43.3 Å². The van der Waals surface area contributed by atoms with E-state index < -0.39 is 0 Å². The molecule has 0 saturated carbocycles. The number of rotatable bonds is 5. The van der Waals surface area contributed by atoms with Crippen molar-refractivity contribution in [3.63, 3.8) is 0 Å². The van der Waals surface area contributed by atoms with Crippen LogP contribution in [0.15, 0.2) is 41.0 Å². The molecule has 1 aromatic carbocycles. The Labute approximate surface area is 133 Å². The lowest BCUT2D eigenvalue weighted by Crippen LogP contribution is -2.17. The molecule has 4 nitrogen and oxygen atoms in total. The van der Waals surface area contributed by atoms with Crippen LogP contribution in [0.25, 0.3) is 0 Å². The Bertz CT molecular complexity index is 635. The summed E-state index contributed by atoms with van der Waals surface area (Å²) in [5.74, 6) is -0.121. The van der Waals surface area contributed by atoms with Crippen molar-refractivity contribution in [3.05, 3.63) is 52.3 Å². The average Bonchev–Trinajstić information content (AvgIpc) is 2.82. The van der Waals surface area contributed by atoms with Crippen molar-refractivity contribution < 1.29 is 9.53 Å². The Morgan fingerprint density at radius 3 is 2.81 bits per heavy atom. The second-order valence-electron chi connectivity index (χ2n) is 5.13. The Morgan fingerprint density at radius 1 is 1.38 bits per heavy atom. The first-order valence-corrected chi connectivity index (χ1v) is 7.57. The number of carbonyl (C=O) groups excluding carboxylic acids is 1. The van der Waals surface area contributed by atoms with Gasteiger partial charge in [-0.25, -0.2) is 0 Å². The first kappa shape index (κ1) is 15.8. The van der Waals surface area contributed by atoms with Crippen LogP contribution in [0.5, 0.6) is 0 Å². The molecule has 2 rings (SSSR count). The Kier molecular flexibility index (Phi) is 5.20. The number of hydrogen-bond donors (Lipinski definition) is 1. The molecular formula is C16H19BrN2O2. The number of nitrogens with one attached hydrogen (secondary N) is 1. The number of benzene rings is 1. The van der Waals surface area contributed by atoms with E-state index in [1.807, 2.05) is 54.9 Å². The molecule has 0 radical (unpaired) electrons. The highest BCUT2D eigenvalue weighted by molar-refractivity contribution is 9.10. The highest BCUT2D eigenvalue weighted by Gasteiger charge is 2.15. The molecule has 2 aromatic rings. The maximum absolute atomic E-state index is 12.4. The van der Waals surface area contributed by atoms with Gasteiger partial charge in [0.05, 0.1) is 6.61 Å². The van der Waals surface area contributed by atoms with Crippen LogP contribution in [0.3, 0.4) is 0 Å². The minimum atomic E-state index is -0.121. The number of aromatic nitrogens is 1. The van der Waals surface area contributed by atoms with E-state index in [2.05, 4.69) is 21.2 Å². The summed E-state index contributed by atoms with van der Waals surface area (Å²) in [5.41, 5.74) is 2.42. The van der Waals surface area contributed by atoms with Crippen molar-refractivity contribution in [2.24, 2.45) is 0 Å². The van der Waals surface area contributed by atoms with Gasteiger partial charge in [0.25, 0.3) is 5.91 Å². The summed E-state index contributed by atoms with van der Waals surface area (Å²) < 4.78 is 7.94. The summed E-state index contributed by atoms with van der Waals surface area (Å²) in [6.07, 6.45) is 1.92. The van der Waals surface area contributed by atoms with E-state index in [1.165, 1.54) is 0 Å². The fourth-order valence-electron chi connectivity index (χ4n) is 2.16. The number of halogens is 1. The fraction of sp³-hybridized carbons (Fsp3) is 0.312. The second kappa shape index (κ2) is 6.91. The predicted octanol–water partition coefficient (Wildman–Crippen LogP) is 4.23. The van der Waals surface area contributed by atoms with Crippen molar-refractivity contribution in [2.75, 3.05) is 12.4 Å². The fourth-order valence-corrected chi connectivity index (χ4v) is 2.59. The summed E-state index contributed by atoms with van der Waals surface area (Å²) in [5, 5.41) is 2.93. The van der Waals surface area contributed by atoms with Crippen LogP contribution in [0.4, 0.5) is 5.69 Å². The van der Waals surface area contributed by atoms with E-state index in [-0.39, 0.29) is 11.9 Å². The molecule has 1 amide bonds. The molecule has 0 aliphatic rings. The molecule has 1 N–H and O–H groups in total. The van der Waals surface area contributed by atoms with Gasteiger partial charge in [-0.3, -0.25) is 4.79 Å². The average molecular weight is 351 g/mol. The zero-order chi connectivity index (χ0) is 15.4. The number of anilines is 1. The number of methoxy groups -OCH3 is 1. The normalized spacial score (nSPS) is 10.9. The molecule has 0 unspecified atom stereocenters. The molecule has 0 aliphatic carbocycles. The Hall–Kier alpha value is -1.59. The molecular weight excluding hydrogens is 332 g/mol. The van der Waals surface area contributed by atoms with Gasteiger partial charge in [-0.05, 0) is 53.5 Å². The van der Waals surface area contributed by atoms with E-state index in [0.29, 0.717) is 12.3 Å². The third-order valence-electron chi connectivity index (χ3n) is 3.10. The van der Waals surface area contributed by atoms with Crippen molar-refractivity contribution in [3.8, 4) is 0 Å². The third kappa shape index (κ3) is 3.95. The Balaban J connectivity index is 2.20. The SMILES string of the molecule is COCc1cccc(NC(=O)c2cc(Br)cn2C(C)C)c1. The lowest BCUT2D eigenvalue weighted by atomic mass is 10.2. The zero-order valence-corrected chi connectivity index (χ0v) is 14.0. The van der Waals surface area contributed by atoms with E-state index in [1.54, 1.807) is 7.11 Å². The number of amides is 1. The third-order valence-corrected chi connectivity index (χ3v) is 3.53. The minimum absolute atomic E-state index is 0.121. The van der Waals surface area contributed by atoms with Gasteiger partial charge in [0, 0.05) is 29.5 Å². The van der Waals surface area contributed by atoms with Gasteiger partial charge in [0.15, 0.2) is 0 Å². The quantitative estimate of drug-likeness (QED) is 0.876. The molecule has 0 fully saturated rings. The molecule has 5 heteroatoms. The maximum atomic E-state index is 12.4. The molecule has 1 aromatic heterocycles. The van der Waals surface area contributed by atoms with Crippen molar-refractivity contribution >= 4 is 27.5 Å². The van der Waals surface area contributed by atoms with Gasteiger partial charge in [0.1, 0.15) is 5.69 Å². The highest BCUT2D eigenvalue weighted by atomic mass is 79.9. The van der Waals surface area contributed by atoms with Crippen LogP contribution in [-0.4, -0.2) is 17.6 Å². The highest BCUT2D eigenvalue weighted by Crippen LogP contribution is 2.21. The zero-order valence-electron chi connectivity index (χ0n) is 12.4. The van der Waals surface area contributed by atoms with E-state index >= 15 is 0 Å². The lowest BCUT2D eigenvalue weighted by molar-refractivity contribution is 0.101. The van der Waals surface area contributed by atoms with E-state index in [9.17, 15) is 4.79 Å². The van der Waals surface area contributed by atoms with Gasteiger partial charge in [-0.15, -0.1) is 0 Å². The molecule has 0 bridgehead atoms. The standard InChI is InChI=1S/C16H19BrN2O2/c1-11(2)19-9-13(17)8-15(19)16(20)18-14-6-4-5-12(7-14)10-21-3/h4-9,11H,10H2,1-3H3,(H,18,20). The summed E-state index contributed by atoms with van der Waals surface area (Å²) >= 11 is 3.42. The van der Waals surface area contributed by atoms with Crippen molar-refractivity contribution in [1.82, 2.24) is 4.57 Å². The first-order chi connectivity index (χ1) is 10.0. The molecule has 1 heterocycles. The van der Waals surface area contributed by atoms with E-state index in [0.717, 1.165) is 15.7 Å². The molecule has 0 saturated heterocycles. The largest absolute Gasteiger partial charge is 0.380 e. The Morgan fingerprint density at radius 2 is 2.14 bits per heavy atom. The van der Waals surface area contributed by atoms with Crippen molar-refractivity contribution in [1.29, 1.82) is 0 Å². The summed E-state index contributed by atoms with van der Waals surface area (Å²) in [6.45, 7) is 4.61. The summed E-state index contributed by atoms with van der Waals surface area (Å²) in [4.78, 5) is 12.4. The number of nitrogens with zero attached hydrogens (tertiary/aromatic N) is 1. The van der Waals surface area contributed by atoms with Crippen LogP contribution >= 0.6 is 15.9 Å². The number of ether oxygens (including phenoxy) is 1. The van der Waals surface area contributed by atoms with Gasteiger partial charge in [-0.1, -0.05) is 12.1 Å². The van der Waals surface area contributed by atoms with Gasteiger partial charge >= 0.3 is 0 Å². The van der Waals surface area contributed by atoms with Crippen LogP contribution in [0, 0.1) is 0 Å². The molecule has 0 aliphatic heterocycles. The number of carbonyl (C=O) groups is 1. The second-order valence-corrected chi connectivity index (χ2v) is 6.05. The van der Waals surface area contributed by atoms with Crippen molar-refractivity contribution in [2.45, 2.75) is 26.5 Å². The summed E-state index contributed by atoms with van der Waals surface area (Å²) in [6, 6.07) is 9.70. The minimum Gasteiger partial charge on any atom is -0.380 e. The molecule has 0 atom stereocenters. The number of hydrogen-bond acceptors (Lipinski definition) is 2. The van der Waals surface area contributed by atoms with Crippen LogP contribution in [-0.2, 0) is 11.3 Å². The van der Waals surface area contributed by atoms with Gasteiger partial charge in [-0.2, -0.15) is 0 Å². The van der Waals surface area contributed by atoms with E-state index in [4.69, 9.17) is 4.74 Å². The predicted molar refractivity (Wildman–Crippen MR) is 87.6 cm³/mol. The van der Waals surface area contributed by atoms with Crippen LogP contribution in [0.1, 0.15) is 35.9 Å². The smallest absolute Gasteiger partial charge is 0.272 e. The van der Waals surface area contributed by atoms with Gasteiger partial charge in [0.2, 0.25) is 0 Å². The van der Waals surface area contributed by atoms with Crippen LogP contribution < -0.4 is 5.32 Å². The van der Waals surface area contributed by atoms with Crippen LogP contribution in [0.2, 0.25) is 0 Å². The first-order valence-electron chi connectivity index (χ1n) is 6.78. The lowest BCUT2D eigenvalue weighted by Gasteiger charge is -2.13.